The van der Waals surface area contributed by atoms with Crippen LogP contribution in [-0.2, 0) is 9.59 Å². The Morgan fingerprint density at radius 2 is 1.71 bits per heavy atom. The van der Waals surface area contributed by atoms with Gasteiger partial charge in [-0.15, -0.1) is 0 Å². The SMILES string of the molecule is O=C(O)C1C2C=CC(C2)C1C(=O)N1CCC2CCCCC21. The van der Waals surface area contributed by atoms with Crippen molar-refractivity contribution in [1.82, 2.24) is 4.90 Å². The van der Waals surface area contributed by atoms with Crippen molar-refractivity contribution in [3.63, 3.8) is 0 Å². The number of carbonyl (C=O) groups is 2. The summed E-state index contributed by atoms with van der Waals surface area (Å²) >= 11 is 0. The zero-order valence-electron chi connectivity index (χ0n) is 12.3. The van der Waals surface area contributed by atoms with E-state index in [0.29, 0.717) is 12.0 Å². The summed E-state index contributed by atoms with van der Waals surface area (Å²) in [5.41, 5.74) is 0. The molecule has 4 rings (SSSR count). The molecule has 3 fully saturated rings. The third-order valence-corrected chi connectivity index (χ3v) is 6.32. The van der Waals surface area contributed by atoms with E-state index < -0.39 is 11.9 Å². The fourth-order valence-electron chi connectivity index (χ4n) is 5.37. The molecule has 2 bridgehead atoms. The lowest BCUT2D eigenvalue weighted by atomic mass is 9.81. The topological polar surface area (TPSA) is 57.6 Å². The number of fused-ring (bicyclic) bond motifs is 3. The first-order chi connectivity index (χ1) is 10.2. The molecule has 1 N–H and O–H groups in total. The van der Waals surface area contributed by atoms with E-state index in [9.17, 15) is 14.7 Å². The average Bonchev–Trinajstić information content (AvgIpc) is 3.19. The Labute approximate surface area is 125 Å². The number of hydrogen-bond acceptors (Lipinski definition) is 2. The van der Waals surface area contributed by atoms with Crippen LogP contribution in [0.3, 0.4) is 0 Å². The summed E-state index contributed by atoms with van der Waals surface area (Å²) in [6, 6.07) is 0.392. The van der Waals surface area contributed by atoms with Crippen molar-refractivity contribution >= 4 is 11.9 Å². The largest absolute Gasteiger partial charge is 0.481 e. The Morgan fingerprint density at radius 1 is 1.00 bits per heavy atom. The summed E-state index contributed by atoms with van der Waals surface area (Å²) in [6.45, 7) is 0.845. The van der Waals surface area contributed by atoms with Crippen LogP contribution in [0.4, 0.5) is 0 Å². The molecule has 1 aliphatic heterocycles. The van der Waals surface area contributed by atoms with Crippen molar-refractivity contribution in [1.29, 1.82) is 0 Å². The molecule has 4 heteroatoms. The minimum Gasteiger partial charge on any atom is -0.481 e. The highest BCUT2D eigenvalue weighted by Crippen LogP contribution is 2.50. The summed E-state index contributed by atoms with van der Waals surface area (Å²) in [5.74, 6) is -0.552. The minimum absolute atomic E-state index is 0.0752. The van der Waals surface area contributed by atoms with E-state index in [1.807, 2.05) is 6.08 Å². The first-order valence-corrected chi connectivity index (χ1v) is 8.38. The van der Waals surface area contributed by atoms with Gasteiger partial charge in [0.15, 0.2) is 0 Å². The van der Waals surface area contributed by atoms with Gasteiger partial charge in [0.2, 0.25) is 5.91 Å². The third kappa shape index (κ3) is 1.95. The van der Waals surface area contributed by atoms with Crippen LogP contribution in [0.25, 0.3) is 0 Å². The van der Waals surface area contributed by atoms with Gasteiger partial charge < -0.3 is 10.0 Å². The van der Waals surface area contributed by atoms with Crippen LogP contribution in [0, 0.1) is 29.6 Å². The van der Waals surface area contributed by atoms with Gasteiger partial charge in [-0.05, 0) is 43.4 Å². The second kappa shape index (κ2) is 4.85. The molecule has 2 saturated carbocycles. The van der Waals surface area contributed by atoms with Crippen molar-refractivity contribution < 1.29 is 14.7 Å². The quantitative estimate of drug-likeness (QED) is 0.794. The standard InChI is InChI=1S/C17H23NO3/c19-16(18-8-7-10-3-1-2-4-13(10)18)14-11-5-6-12(9-11)15(14)17(20)21/h5-6,10-15H,1-4,7-9H2,(H,20,21). The average molecular weight is 289 g/mol. The maximum atomic E-state index is 13.0. The molecule has 6 unspecified atom stereocenters. The van der Waals surface area contributed by atoms with Gasteiger partial charge in [0.25, 0.3) is 0 Å². The van der Waals surface area contributed by atoms with Crippen LogP contribution < -0.4 is 0 Å². The number of carbonyl (C=O) groups excluding carboxylic acids is 1. The number of nitrogens with zero attached hydrogens (tertiary/aromatic N) is 1. The summed E-state index contributed by atoms with van der Waals surface area (Å²) < 4.78 is 0. The van der Waals surface area contributed by atoms with Gasteiger partial charge in [0.1, 0.15) is 0 Å². The van der Waals surface area contributed by atoms with Gasteiger partial charge in [-0.25, -0.2) is 0 Å². The summed E-state index contributed by atoms with van der Waals surface area (Å²) in [4.78, 5) is 26.7. The summed E-state index contributed by atoms with van der Waals surface area (Å²) in [7, 11) is 0. The first kappa shape index (κ1) is 13.4. The fourth-order valence-corrected chi connectivity index (χ4v) is 5.37. The molecule has 0 aromatic carbocycles. The van der Waals surface area contributed by atoms with Crippen molar-refractivity contribution in [2.45, 2.75) is 44.6 Å². The van der Waals surface area contributed by atoms with Crippen molar-refractivity contribution in [3.05, 3.63) is 12.2 Å². The van der Waals surface area contributed by atoms with E-state index in [2.05, 4.69) is 11.0 Å². The molecule has 21 heavy (non-hydrogen) atoms. The number of rotatable bonds is 2. The van der Waals surface area contributed by atoms with Crippen LogP contribution in [-0.4, -0.2) is 34.5 Å². The zero-order chi connectivity index (χ0) is 14.6. The lowest BCUT2D eigenvalue weighted by Gasteiger charge is -2.35. The third-order valence-electron chi connectivity index (χ3n) is 6.32. The van der Waals surface area contributed by atoms with Gasteiger partial charge in [0, 0.05) is 12.6 Å². The van der Waals surface area contributed by atoms with Crippen LogP contribution in [0.5, 0.6) is 0 Å². The molecule has 1 heterocycles. The van der Waals surface area contributed by atoms with E-state index in [-0.39, 0.29) is 23.7 Å². The molecule has 114 valence electrons. The Balaban J connectivity index is 1.57. The van der Waals surface area contributed by atoms with Crippen LogP contribution in [0.1, 0.15) is 38.5 Å². The number of carboxylic acid groups (broad SMARTS) is 1. The number of amides is 1. The molecule has 1 saturated heterocycles. The number of allylic oxidation sites excluding steroid dienone is 2. The van der Waals surface area contributed by atoms with Gasteiger partial charge in [-0.3, -0.25) is 9.59 Å². The molecular formula is C17H23NO3. The van der Waals surface area contributed by atoms with Gasteiger partial charge in [-0.2, -0.15) is 0 Å². The molecule has 1 amide bonds. The van der Waals surface area contributed by atoms with Crippen LogP contribution >= 0.6 is 0 Å². The predicted molar refractivity (Wildman–Crippen MR) is 77.4 cm³/mol. The monoisotopic (exact) mass is 289 g/mol. The molecule has 0 aromatic rings. The van der Waals surface area contributed by atoms with Gasteiger partial charge >= 0.3 is 5.97 Å². The van der Waals surface area contributed by atoms with E-state index in [1.54, 1.807) is 0 Å². The molecule has 0 aromatic heterocycles. The number of carboxylic acids is 1. The summed E-state index contributed by atoms with van der Waals surface area (Å²) in [6.07, 6.45) is 10.9. The highest BCUT2D eigenvalue weighted by atomic mass is 16.4. The van der Waals surface area contributed by atoms with Crippen molar-refractivity contribution in [3.8, 4) is 0 Å². The van der Waals surface area contributed by atoms with Crippen molar-refractivity contribution in [2.75, 3.05) is 6.54 Å². The number of aliphatic carboxylic acids is 1. The predicted octanol–water partition coefficient (Wildman–Crippen LogP) is 2.30. The lowest BCUT2D eigenvalue weighted by Crippen LogP contribution is -2.46. The van der Waals surface area contributed by atoms with Gasteiger partial charge in [-0.1, -0.05) is 25.0 Å². The molecule has 6 atom stereocenters. The van der Waals surface area contributed by atoms with E-state index in [0.717, 1.165) is 25.8 Å². The second-order valence-corrected chi connectivity index (χ2v) is 7.27. The summed E-state index contributed by atoms with van der Waals surface area (Å²) in [5, 5.41) is 9.53. The smallest absolute Gasteiger partial charge is 0.307 e. The van der Waals surface area contributed by atoms with Crippen LogP contribution in [0.2, 0.25) is 0 Å². The molecule has 0 spiro atoms. The maximum Gasteiger partial charge on any atom is 0.307 e. The maximum absolute atomic E-state index is 13.0. The van der Waals surface area contributed by atoms with E-state index in [4.69, 9.17) is 0 Å². The Morgan fingerprint density at radius 3 is 2.48 bits per heavy atom. The number of hydrogen-bond donors (Lipinski definition) is 1. The van der Waals surface area contributed by atoms with E-state index in [1.165, 1.54) is 19.3 Å². The normalized spacial score (nSPS) is 44.1. The molecular weight excluding hydrogens is 266 g/mol. The Hall–Kier alpha value is -1.32. The highest BCUT2D eigenvalue weighted by Gasteiger charge is 2.54. The Kier molecular flexibility index (Phi) is 3.09. The zero-order valence-corrected chi connectivity index (χ0v) is 12.3. The molecule has 4 nitrogen and oxygen atoms in total. The van der Waals surface area contributed by atoms with Crippen LogP contribution in [0.15, 0.2) is 12.2 Å². The first-order valence-electron chi connectivity index (χ1n) is 8.38. The lowest BCUT2D eigenvalue weighted by molar-refractivity contribution is -0.151. The molecule has 4 aliphatic rings. The van der Waals surface area contributed by atoms with Gasteiger partial charge in [0.05, 0.1) is 11.8 Å². The molecule has 3 aliphatic carbocycles. The Bertz CT molecular complexity index is 500. The highest BCUT2D eigenvalue weighted by molar-refractivity contribution is 5.87. The molecule has 0 radical (unpaired) electrons. The minimum atomic E-state index is -0.787. The van der Waals surface area contributed by atoms with E-state index >= 15 is 0 Å². The second-order valence-electron chi connectivity index (χ2n) is 7.27. The number of likely N-dealkylation sites (tertiary alicyclic amines) is 1. The fraction of sp³-hybridized carbons (Fsp3) is 0.765. The van der Waals surface area contributed by atoms with Crippen molar-refractivity contribution in [2.24, 2.45) is 29.6 Å².